The summed E-state index contributed by atoms with van der Waals surface area (Å²) in [6.45, 7) is 2.47. The van der Waals surface area contributed by atoms with Crippen molar-refractivity contribution in [1.82, 2.24) is 14.4 Å². The molecule has 1 aliphatic heterocycles. The van der Waals surface area contributed by atoms with Gasteiger partial charge in [0, 0.05) is 51.4 Å². The van der Waals surface area contributed by atoms with Crippen LogP contribution in [-0.4, -0.2) is 47.5 Å². The molecule has 0 N–H and O–H groups in total. The van der Waals surface area contributed by atoms with Crippen molar-refractivity contribution >= 4 is 5.91 Å². The van der Waals surface area contributed by atoms with Crippen molar-refractivity contribution < 1.29 is 4.79 Å². The number of aryl methyl sites for hydroxylation is 1. The molecule has 0 unspecified atom stereocenters. The average molecular weight is 235 g/mol. The largest absolute Gasteiger partial charge is 0.354 e. The smallest absolute Gasteiger partial charge is 0.224 e. The standard InChI is InChI=1S/C13H21N3O/c1-14(2)7-6-13(17)16-9-5-12-11(10-16)4-8-15(12)3/h4,8H,5-7,9-10H2,1-3H3. The Labute approximate surface area is 103 Å². The highest BCUT2D eigenvalue weighted by atomic mass is 16.2. The first-order valence-electron chi connectivity index (χ1n) is 6.13. The second-order valence-electron chi connectivity index (χ2n) is 5.02. The first-order valence-corrected chi connectivity index (χ1v) is 6.13. The van der Waals surface area contributed by atoms with E-state index < -0.39 is 0 Å². The number of aromatic nitrogens is 1. The Morgan fingerprint density at radius 2 is 2.24 bits per heavy atom. The van der Waals surface area contributed by atoms with Gasteiger partial charge < -0.3 is 14.4 Å². The van der Waals surface area contributed by atoms with Crippen LogP contribution in [0.4, 0.5) is 0 Å². The Morgan fingerprint density at radius 3 is 2.94 bits per heavy atom. The molecule has 0 atom stereocenters. The lowest BCUT2D eigenvalue weighted by atomic mass is 10.1. The van der Waals surface area contributed by atoms with E-state index in [0.717, 1.165) is 26.1 Å². The van der Waals surface area contributed by atoms with E-state index in [0.29, 0.717) is 6.42 Å². The molecular weight excluding hydrogens is 214 g/mol. The maximum Gasteiger partial charge on any atom is 0.224 e. The van der Waals surface area contributed by atoms with Crippen LogP contribution in [0.15, 0.2) is 12.3 Å². The van der Waals surface area contributed by atoms with E-state index in [-0.39, 0.29) is 5.91 Å². The van der Waals surface area contributed by atoms with Gasteiger partial charge in [0.2, 0.25) is 5.91 Å². The highest BCUT2D eigenvalue weighted by Gasteiger charge is 2.21. The third kappa shape index (κ3) is 2.69. The second-order valence-corrected chi connectivity index (χ2v) is 5.02. The molecule has 0 radical (unpaired) electrons. The molecule has 1 aromatic heterocycles. The van der Waals surface area contributed by atoms with Crippen LogP contribution in [0.1, 0.15) is 17.7 Å². The fraction of sp³-hybridized carbons (Fsp3) is 0.615. The normalized spacial score (nSPS) is 15.2. The molecule has 4 heteroatoms. The van der Waals surface area contributed by atoms with E-state index in [1.54, 1.807) is 0 Å². The van der Waals surface area contributed by atoms with E-state index in [4.69, 9.17) is 0 Å². The van der Waals surface area contributed by atoms with Crippen molar-refractivity contribution in [3.05, 3.63) is 23.5 Å². The molecule has 0 aliphatic carbocycles. The minimum Gasteiger partial charge on any atom is -0.354 e. The van der Waals surface area contributed by atoms with Gasteiger partial charge in [0.25, 0.3) is 0 Å². The molecule has 0 bridgehead atoms. The van der Waals surface area contributed by atoms with E-state index in [1.165, 1.54) is 11.3 Å². The van der Waals surface area contributed by atoms with E-state index >= 15 is 0 Å². The minimum atomic E-state index is 0.271. The molecule has 0 saturated heterocycles. The number of hydrogen-bond acceptors (Lipinski definition) is 2. The number of rotatable bonds is 3. The number of nitrogens with zero attached hydrogens (tertiary/aromatic N) is 3. The molecule has 2 rings (SSSR count). The van der Waals surface area contributed by atoms with Gasteiger partial charge in [0.05, 0.1) is 0 Å². The quantitative estimate of drug-likeness (QED) is 0.777. The summed E-state index contributed by atoms with van der Waals surface area (Å²) in [5.41, 5.74) is 2.68. The van der Waals surface area contributed by atoms with Crippen LogP contribution in [-0.2, 0) is 24.8 Å². The number of carbonyl (C=O) groups is 1. The SMILES string of the molecule is CN(C)CCC(=O)N1CCc2c(ccn2C)C1. The summed E-state index contributed by atoms with van der Waals surface area (Å²) in [7, 11) is 6.07. The molecule has 4 nitrogen and oxygen atoms in total. The average Bonchev–Trinajstić information content (AvgIpc) is 2.67. The topological polar surface area (TPSA) is 28.5 Å². The van der Waals surface area contributed by atoms with Crippen molar-refractivity contribution in [3.63, 3.8) is 0 Å². The molecule has 1 amide bonds. The summed E-state index contributed by atoms with van der Waals surface area (Å²) in [4.78, 5) is 16.0. The van der Waals surface area contributed by atoms with Crippen LogP contribution in [0.3, 0.4) is 0 Å². The number of hydrogen-bond donors (Lipinski definition) is 0. The third-order valence-corrected chi connectivity index (χ3v) is 3.40. The van der Waals surface area contributed by atoms with Gasteiger partial charge in [-0.05, 0) is 25.7 Å². The molecule has 1 aliphatic rings. The molecule has 17 heavy (non-hydrogen) atoms. The third-order valence-electron chi connectivity index (χ3n) is 3.40. The summed E-state index contributed by atoms with van der Waals surface area (Å²) in [6.07, 6.45) is 3.68. The van der Waals surface area contributed by atoms with Gasteiger partial charge in [-0.3, -0.25) is 4.79 Å². The maximum absolute atomic E-state index is 12.0. The zero-order chi connectivity index (χ0) is 12.4. The lowest BCUT2D eigenvalue weighted by Gasteiger charge is -2.28. The Kier molecular flexibility index (Phi) is 3.52. The highest BCUT2D eigenvalue weighted by Crippen LogP contribution is 2.19. The summed E-state index contributed by atoms with van der Waals surface area (Å²) in [6, 6.07) is 2.13. The van der Waals surface area contributed by atoms with Crippen LogP contribution in [0.5, 0.6) is 0 Å². The Balaban J connectivity index is 1.95. The van der Waals surface area contributed by atoms with Gasteiger partial charge in [-0.25, -0.2) is 0 Å². The lowest BCUT2D eigenvalue weighted by Crippen LogP contribution is -2.37. The summed E-state index contributed by atoms with van der Waals surface area (Å²) < 4.78 is 2.16. The fourth-order valence-electron chi connectivity index (χ4n) is 2.31. The van der Waals surface area contributed by atoms with Crippen molar-refractivity contribution in [1.29, 1.82) is 0 Å². The van der Waals surface area contributed by atoms with E-state index in [1.807, 2.05) is 19.0 Å². The highest BCUT2D eigenvalue weighted by molar-refractivity contribution is 5.76. The van der Waals surface area contributed by atoms with Gasteiger partial charge in [0.15, 0.2) is 0 Å². The van der Waals surface area contributed by atoms with Crippen LogP contribution in [0.2, 0.25) is 0 Å². The second kappa shape index (κ2) is 4.92. The summed E-state index contributed by atoms with van der Waals surface area (Å²) in [5, 5.41) is 0. The predicted molar refractivity (Wildman–Crippen MR) is 67.7 cm³/mol. The Morgan fingerprint density at radius 1 is 1.47 bits per heavy atom. The van der Waals surface area contributed by atoms with E-state index in [2.05, 4.69) is 28.8 Å². The van der Waals surface area contributed by atoms with Gasteiger partial charge in [-0.2, -0.15) is 0 Å². The van der Waals surface area contributed by atoms with Crippen molar-refractivity contribution in [3.8, 4) is 0 Å². The van der Waals surface area contributed by atoms with Crippen molar-refractivity contribution in [2.24, 2.45) is 7.05 Å². The van der Waals surface area contributed by atoms with Crippen LogP contribution < -0.4 is 0 Å². The molecule has 0 fully saturated rings. The van der Waals surface area contributed by atoms with Crippen LogP contribution in [0.25, 0.3) is 0 Å². The lowest BCUT2D eigenvalue weighted by molar-refractivity contribution is -0.132. The zero-order valence-electron chi connectivity index (χ0n) is 10.9. The minimum absolute atomic E-state index is 0.271. The van der Waals surface area contributed by atoms with Crippen LogP contribution >= 0.6 is 0 Å². The molecule has 0 spiro atoms. The predicted octanol–water partition coefficient (Wildman–Crippen LogP) is 0.861. The van der Waals surface area contributed by atoms with E-state index in [9.17, 15) is 4.79 Å². The molecular formula is C13H21N3O. The van der Waals surface area contributed by atoms with Crippen molar-refractivity contribution in [2.75, 3.05) is 27.2 Å². The first kappa shape index (κ1) is 12.2. The first-order chi connectivity index (χ1) is 8.08. The summed E-state index contributed by atoms with van der Waals surface area (Å²) in [5.74, 6) is 0.271. The zero-order valence-corrected chi connectivity index (χ0v) is 10.9. The van der Waals surface area contributed by atoms with Gasteiger partial charge in [-0.1, -0.05) is 0 Å². The van der Waals surface area contributed by atoms with Gasteiger partial charge in [-0.15, -0.1) is 0 Å². The Bertz CT molecular complexity index is 409. The summed E-state index contributed by atoms with van der Waals surface area (Å²) >= 11 is 0. The Hall–Kier alpha value is -1.29. The molecule has 1 aromatic rings. The van der Waals surface area contributed by atoms with Crippen molar-refractivity contribution in [2.45, 2.75) is 19.4 Å². The molecule has 0 aromatic carbocycles. The van der Waals surface area contributed by atoms with Gasteiger partial charge in [0.1, 0.15) is 0 Å². The number of amides is 1. The fourth-order valence-corrected chi connectivity index (χ4v) is 2.31. The molecule has 2 heterocycles. The number of fused-ring (bicyclic) bond motifs is 1. The molecule has 0 saturated carbocycles. The van der Waals surface area contributed by atoms with Crippen LogP contribution in [0, 0.1) is 0 Å². The monoisotopic (exact) mass is 235 g/mol. The number of carbonyl (C=O) groups excluding carboxylic acids is 1. The maximum atomic E-state index is 12.0. The van der Waals surface area contributed by atoms with Gasteiger partial charge >= 0.3 is 0 Å². The molecule has 94 valence electrons.